The van der Waals surface area contributed by atoms with Crippen LogP contribution in [0.3, 0.4) is 0 Å². The van der Waals surface area contributed by atoms with Crippen molar-refractivity contribution in [1.29, 1.82) is 0 Å². The standard InChI is InChI=1S/C21H30N6O3/c1-2-11-30-21-26-19(23-10-13-29-15-14-28-12-9-22)25-20(27-21)24-18-8-7-16-5-3-4-6-17(16)18/h2-6,18H,1,7-15,22H2,(H2,23,24,25,26,27). The third kappa shape index (κ3) is 6.65. The van der Waals surface area contributed by atoms with Crippen LogP contribution in [0.25, 0.3) is 0 Å². The SMILES string of the molecule is C=CCOc1nc(NCCOCCOCCN)nc(NC2CCc3ccccc32)n1. The molecule has 1 aliphatic carbocycles. The summed E-state index contributed by atoms with van der Waals surface area (Å²) in [6.07, 6.45) is 3.69. The molecule has 0 aliphatic heterocycles. The Morgan fingerprint density at radius 2 is 1.87 bits per heavy atom. The third-order valence-electron chi connectivity index (χ3n) is 4.55. The highest BCUT2D eigenvalue weighted by Gasteiger charge is 2.23. The Morgan fingerprint density at radius 1 is 1.07 bits per heavy atom. The number of aromatic nitrogens is 3. The Morgan fingerprint density at radius 3 is 2.70 bits per heavy atom. The summed E-state index contributed by atoms with van der Waals surface area (Å²) in [6.45, 7) is 7.13. The molecule has 1 heterocycles. The number of ether oxygens (including phenoxy) is 3. The van der Waals surface area contributed by atoms with Crippen molar-refractivity contribution in [2.24, 2.45) is 5.73 Å². The molecule has 1 atom stereocenters. The van der Waals surface area contributed by atoms with Gasteiger partial charge in [0.2, 0.25) is 11.9 Å². The summed E-state index contributed by atoms with van der Waals surface area (Å²) in [7, 11) is 0. The van der Waals surface area contributed by atoms with Crippen LogP contribution in [-0.2, 0) is 15.9 Å². The van der Waals surface area contributed by atoms with Crippen LogP contribution in [0.5, 0.6) is 6.01 Å². The number of benzene rings is 1. The molecule has 0 saturated heterocycles. The highest BCUT2D eigenvalue weighted by molar-refractivity contribution is 5.43. The van der Waals surface area contributed by atoms with Gasteiger partial charge in [-0.1, -0.05) is 36.9 Å². The molecule has 9 heteroatoms. The summed E-state index contributed by atoms with van der Waals surface area (Å²) >= 11 is 0. The van der Waals surface area contributed by atoms with Crippen LogP contribution in [0, 0.1) is 0 Å². The van der Waals surface area contributed by atoms with Crippen molar-refractivity contribution in [3.63, 3.8) is 0 Å². The van der Waals surface area contributed by atoms with E-state index in [-0.39, 0.29) is 12.1 Å². The number of nitrogens with one attached hydrogen (secondary N) is 2. The zero-order chi connectivity index (χ0) is 21.0. The number of aryl methyl sites for hydroxylation is 1. The van der Waals surface area contributed by atoms with E-state index in [1.54, 1.807) is 6.08 Å². The van der Waals surface area contributed by atoms with Gasteiger partial charge in [-0.15, -0.1) is 0 Å². The van der Waals surface area contributed by atoms with E-state index in [1.165, 1.54) is 11.1 Å². The van der Waals surface area contributed by atoms with Gasteiger partial charge in [-0.2, -0.15) is 15.0 Å². The van der Waals surface area contributed by atoms with Crippen LogP contribution in [0.15, 0.2) is 36.9 Å². The molecule has 0 bridgehead atoms. The Balaban J connectivity index is 1.56. The number of nitrogens with zero attached hydrogens (tertiary/aromatic N) is 3. The first-order valence-electron chi connectivity index (χ1n) is 10.2. The fraction of sp³-hybridized carbons (Fsp3) is 0.476. The number of nitrogens with two attached hydrogens (primary N) is 1. The van der Waals surface area contributed by atoms with Gasteiger partial charge in [0.15, 0.2) is 0 Å². The molecule has 0 saturated carbocycles. The molecular formula is C21H30N6O3. The van der Waals surface area contributed by atoms with Crippen LogP contribution >= 0.6 is 0 Å². The fourth-order valence-corrected chi connectivity index (χ4v) is 3.20. The van der Waals surface area contributed by atoms with Crippen LogP contribution in [0.2, 0.25) is 0 Å². The molecule has 1 aromatic carbocycles. The summed E-state index contributed by atoms with van der Waals surface area (Å²) in [6, 6.07) is 8.85. The number of hydrogen-bond donors (Lipinski definition) is 3. The monoisotopic (exact) mass is 414 g/mol. The van der Waals surface area contributed by atoms with Crippen LogP contribution in [0.4, 0.5) is 11.9 Å². The largest absolute Gasteiger partial charge is 0.459 e. The molecule has 3 rings (SSSR count). The smallest absolute Gasteiger partial charge is 0.323 e. The van der Waals surface area contributed by atoms with Gasteiger partial charge in [-0.25, -0.2) is 0 Å². The van der Waals surface area contributed by atoms with Crippen LogP contribution in [0.1, 0.15) is 23.6 Å². The van der Waals surface area contributed by atoms with E-state index < -0.39 is 0 Å². The van der Waals surface area contributed by atoms with Gasteiger partial charge in [0, 0.05) is 13.1 Å². The predicted octanol–water partition coefficient (Wildman–Crippen LogP) is 1.94. The lowest BCUT2D eigenvalue weighted by Crippen LogP contribution is -2.17. The second kappa shape index (κ2) is 12.1. The van der Waals surface area contributed by atoms with Gasteiger partial charge >= 0.3 is 6.01 Å². The lowest BCUT2D eigenvalue weighted by Gasteiger charge is -2.15. The minimum absolute atomic E-state index is 0.167. The first-order chi connectivity index (χ1) is 14.8. The van der Waals surface area contributed by atoms with Crippen molar-refractivity contribution >= 4 is 11.9 Å². The van der Waals surface area contributed by atoms with E-state index in [2.05, 4.69) is 56.4 Å². The summed E-state index contributed by atoms with van der Waals surface area (Å²) in [4.78, 5) is 13.2. The van der Waals surface area contributed by atoms with Crippen molar-refractivity contribution < 1.29 is 14.2 Å². The summed E-state index contributed by atoms with van der Waals surface area (Å²) in [5, 5.41) is 6.57. The predicted molar refractivity (Wildman–Crippen MR) is 116 cm³/mol. The quantitative estimate of drug-likeness (QED) is 0.315. The summed E-state index contributed by atoms with van der Waals surface area (Å²) in [5.74, 6) is 0.908. The first-order valence-corrected chi connectivity index (χ1v) is 10.2. The van der Waals surface area contributed by atoms with Crippen molar-refractivity contribution in [2.45, 2.75) is 18.9 Å². The third-order valence-corrected chi connectivity index (χ3v) is 4.55. The molecule has 30 heavy (non-hydrogen) atoms. The van der Waals surface area contributed by atoms with E-state index in [4.69, 9.17) is 19.9 Å². The van der Waals surface area contributed by atoms with Gasteiger partial charge in [-0.05, 0) is 24.0 Å². The molecule has 9 nitrogen and oxygen atoms in total. The van der Waals surface area contributed by atoms with Crippen LogP contribution < -0.4 is 21.1 Å². The summed E-state index contributed by atoms with van der Waals surface area (Å²) in [5.41, 5.74) is 8.01. The molecule has 1 aromatic heterocycles. The Bertz CT molecular complexity index is 804. The molecule has 1 unspecified atom stereocenters. The molecule has 0 fully saturated rings. The second-order valence-corrected chi connectivity index (χ2v) is 6.74. The van der Waals surface area contributed by atoms with Crippen molar-refractivity contribution in [2.75, 3.05) is 56.8 Å². The maximum Gasteiger partial charge on any atom is 0.323 e. The summed E-state index contributed by atoms with van der Waals surface area (Å²) < 4.78 is 16.3. The van der Waals surface area contributed by atoms with Gasteiger partial charge < -0.3 is 30.6 Å². The lowest BCUT2D eigenvalue weighted by molar-refractivity contribution is 0.0547. The first kappa shape index (κ1) is 21.9. The molecule has 0 amide bonds. The molecule has 4 N–H and O–H groups in total. The van der Waals surface area contributed by atoms with Crippen molar-refractivity contribution in [1.82, 2.24) is 15.0 Å². The molecule has 162 valence electrons. The maximum atomic E-state index is 5.53. The molecule has 0 radical (unpaired) electrons. The second-order valence-electron chi connectivity index (χ2n) is 6.74. The molecule has 0 spiro atoms. The van der Waals surface area contributed by atoms with E-state index in [1.807, 2.05) is 0 Å². The van der Waals surface area contributed by atoms with Crippen molar-refractivity contribution in [3.8, 4) is 6.01 Å². The number of anilines is 2. The minimum atomic E-state index is 0.167. The average molecular weight is 415 g/mol. The van der Waals surface area contributed by atoms with Gasteiger partial charge in [0.25, 0.3) is 0 Å². The zero-order valence-corrected chi connectivity index (χ0v) is 17.2. The Labute approximate surface area is 177 Å². The van der Waals surface area contributed by atoms with E-state index in [9.17, 15) is 0 Å². The molecular weight excluding hydrogens is 384 g/mol. The van der Waals surface area contributed by atoms with Crippen LogP contribution in [-0.4, -0.2) is 61.1 Å². The maximum absolute atomic E-state index is 5.53. The number of rotatable bonds is 14. The van der Waals surface area contributed by atoms with Gasteiger partial charge in [0.05, 0.1) is 32.5 Å². The van der Waals surface area contributed by atoms with Gasteiger partial charge in [0.1, 0.15) is 6.61 Å². The normalized spacial score (nSPS) is 14.9. The van der Waals surface area contributed by atoms with E-state index >= 15 is 0 Å². The fourth-order valence-electron chi connectivity index (χ4n) is 3.20. The highest BCUT2D eigenvalue weighted by atomic mass is 16.5. The highest BCUT2D eigenvalue weighted by Crippen LogP contribution is 2.33. The van der Waals surface area contributed by atoms with E-state index in [0.29, 0.717) is 58.0 Å². The number of fused-ring (bicyclic) bond motifs is 1. The topological polar surface area (TPSA) is 116 Å². The zero-order valence-electron chi connectivity index (χ0n) is 17.2. The van der Waals surface area contributed by atoms with Gasteiger partial charge in [-0.3, -0.25) is 0 Å². The molecule has 1 aliphatic rings. The van der Waals surface area contributed by atoms with Crippen molar-refractivity contribution in [3.05, 3.63) is 48.0 Å². The Kier molecular flexibility index (Phi) is 8.82. The minimum Gasteiger partial charge on any atom is -0.459 e. The molecule has 2 aromatic rings. The average Bonchev–Trinajstić information content (AvgIpc) is 3.17. The Hall–Kier alpha value is -2.75. The number of hydrogen-bond acceptors (Lipinski definition) is 9. The lowest BCUT2D eigenvalue weighted by atomic mass is 10.1. The van der Waals surface area contributed by atoms with E-state index in [0.717, 1.165) is 12.8 Å².